The number of amides is 1. The van der Waals surface area contributed by atoms with Gasteiger partial charge in [-0.3, -0.25) is 4.79 Å². The number of aryl methyl sites for hydroxylation is 1. The first kappa shape index (κ1) is 23.3. The van der Waals surface area contributed by atoms with Gasteiger partial charge in [-0.15, -0.1) is 0 Å². The quantitative estimate of drug-likeness (QED) is 0.641. The van der Waals surface area contributed by atoms with E-state index in [1.807, 2.05) is 51.1 Å². The molecule has 0 radical (unpaired) electrons. The highest BCUT2D eigenvalue weighted by molar-refractivity contribution is 7.89. The molecule has 1 aliphatic rings. The van der Waals surface area contributed by atoms with Gasteiger partial charge in [0.05, 0.1) is 11.3 Å². The van der Waals surface area contributed by atoms with Crippen molar-refractivity contribution >= 4 is 21.6 Å². The number of sulfonamides is 1. The van der Waals surface area contributed by atoms with Crippen LogP contribution < -0.4 is 11.1 Å². The lowest BCUT2D eigenvalue weighted by molar-refractivity contribution is 0.0895. The van der Waals surface area contributed by atoms with Gasteiger partial charge in [0.25, 0.3) is 5.91 Å². The van der Waals surface area contributed by atoms with Crippen molar-refractivity contribution in [2.24, 2.45) is 0 Å². The Morgan fingerprint density at radius 3 is 2.35 bits per heavy atom. The Morgan fingerprint density at radius 1 is 1.13 bits per heavy atom. The van der Waals surface area contributed by atoms with E-state index in [1.165, 1.54) is 0 Å². The van der Waals surface area contributed by atoms with Crippen molar-refractivity contribution in [2.45, 2.75) is 51.5 Å². The number of carbonyl (C=O) groups is 1. The number of hydrogen-bond donors (Lipinski definition) is 2. The van der Waals surface area contributed by atoms with Crippen molar-refractivity contribution in [1.29, 1.82) is 0 Å². The molecule has 3 N–H and O–H groups in total. The summed E-state index contributed by atoms with van der Waals surface area (Å²) < 4.78 is 26.8. The number of benzene rings is 2. The maximum absolute atomic E-state index is 13.1. The number of nitrogens with two attached hydrogens (primary N) is 1. The van der Waals surface area contributed by atoms with Gasteiger partial charge in [0.2, 0.25) is 10.0 Å². The van der Waals surface area contributed by atoms with Crippen LogP contribution >= 0.6 is 0 Å². The summed E-state index contributed by atoms with van der Waals surface area (Å²) in [6.45, 7) is 6.66. The van der Waals surface area contributed by atoms with Crippen molar-refractivity contribution < 1.29 is 13.2 Å². The second-order valence-electron chi connectivity index (χ2n) is 8.47. The third-order valence-electron chi connectivity index (χ3n) is 6.53. The highest BCUT2D eigenvalue weighted by Crippen LogP contribution is 2.39. The minimum atomic E-state index is -3.24. The molecule has 168 valence electrons. The van der Waals surface area contributed by atoms with Crippen LogP contribution in [0.1, 0.15) is 54.6 Å². The minimum absolute atomic E-state index is 0.171. The van der Waals surface area contributed by atoms with Crippen LogP contribution in [0.3, 0.4) is 0 Å². The zero-order chi connectivity index (χ0) is 22.6. The molecule has 0 spiro atoms. The smallest absolute Gasteiger partial charge is 0.253 e. The van der Waals surface area contributed by atoms with Crippen LogP contribution in [-0.2, 0) is 15.4 Å². The molecule has 1 aliphatic heterocycles. The molecule has 0 aliphatic carbocycles. The zero-order valence-electron chi connectivity index (χ0n) is 18.6. The number of anilines is 1. The Balaban J connectivity index is 1.88. The fourth-order valence-corrected chi connectivity index (χ4v) is 6.21. The van der Waals surface area contributed by atoms with Gasteiger partial charge in [0.1, 0.15) is 0 Å². The largest absolute Gasteiger partial charge is 0.398 e. The van der Waals surface area contributed by atoms with E-state index in [2.05, 4.69) is 17.4 Å². The van der Waals surface area contributed by atoms with Crippen molar-refractivity contribution in [2.75, 3.05) is 24.6 Å². The van der Waals surface area contributed by atoms with E-state index in [0.29, 0.717) is 43.6 Å². The van der Waals surface area contributed by atoms with Gasteiger partial charge in [-0.25, -0.2) is 12.7 Å². The molecule has 2 aromatic rings. The zero-order valence-corrected chi connectivity index (χ0v) is 19.4. The Kier molecular flexibility index (Phi) is 7.06. The van der Waals surface area contributed by atoms with E-state index < -0.39 is 10.0 Å². The summed E-state index contributed by atoms with van der Waals surface area (Å²) in [6.07, 6.45) is 1.89. The molecule has 1 atom stereocenters. The van der Waals surface area contributed by atoms with E-state index in [4.69, 9.17) is 5.73 Å². The maximum Gasteiger partial charge on any atom is 0.253 e. The monoisotopic (exact) mass is 443 g/mol. The first-order chi connectivity index (χ1) is 14.7. The van der Waals surface area contributed by atoms with Crippen LogP contribution in [0, 0.1) is 6.92 Å². The molecule has 1 fully saturated rings. The fourth-order valence-electron chi connectivity index (χ4n) is 4.70. The van der Waals surface area contributed by atoms with Gasteiger partial charge in [0.15, 0.2) is 0 Å². The average Bonchev–Trinajstić information content (AvgIpc) is 2.74. The summed E-state index contributed by atoms with van der Waals surface area (Å²) in [4.78, 5) is 13.1. The second-order valence-corrected chi connectivity index (χ2v) is 10.6. The molecular weight excluding hydrogens is 410 g/mol. The average molecular weight is 444 g/mol. The van der Waals surface area contributed by atoms with Crippen molar-refractivity contribution in [3.8, 4) is 0 Å². The van der Waals surface area contributed by atoms with E-state index in [9.17, 15) is 13.2 Å². The predicted molar refractivity (Wildman–Crippen MR) is 126 cm³/mol. The lowest BCUT2D eigenvalue weighted by atomic mass is 9.68. The minimum Gasteiger partial charge on any atom is -0.398 e. The number of nitrogen functional groups attached to an aromatic ring is 1. The van der Waals surface area contributed by atoms with Crippen LogP contribution in [0.25, 0.3) is 0 Å². The maximum atomic E-state index is 13.1. The molecule has 1 unspecified atom stereocenters. The summed E-state index contributed by atoms with van der Waals surface area (Å²) in [5, 5.41) is 3.18. The normalized spacial score (nSPS) is 17.8. The highest BCUT2D eigenvalue weighted by Gasteiger charge is 2.43. The molecule has 6 nitrogen and oxygen atoms in total. The van der Waals surface area contributed by atoms with Gasteiger partial charge in [-0.2, -0.15) is 0 Å². The molecule has 0 bridgehead atoms. The summed E-state index contributed by atoms with van der Waals surface area (Å²) in [6, 6.07) is 15.3. The first-order valence-corrected chi connectivity index (χ1v) is 12.5. The number of rotatable bonds is 7. The molecule has 31 heavy (non-hydrogen) atoms. The van der Waals surface area contributed by atoms with Crippen LogP contribution in [0.2, 0.25) is 0 Å². The standard InChI is InChI=1S/C24H33N3O3S/c1-4-17-31(29,30)27-15-13-24(14-16-27,20-10-6-5-7-11-20)19(3)26-23(28)22-18(2)9-8-12-21(22)25/h5-12,19H,4,13-17,25H2,1-3H3,(H,26,28). The van der Waals surface area contributed by atoms with Crippen LogP contribution in [0.15, 0.2) is 48.5 Å². The van der Waals surface area contributed by atoms with Crippen molar-refractivity contribution in [3.63, 3.8) is 0 Å². The van der Waals surface area contributed by atoms with Crippen LogP contribution in [0.5, 0.6) is 0 Å². The Morgan fingerprint density at radius 2 is 1.77 bits per heavy atom. The molecule has 0 aromatic heterocycles. The second kappa shape index (κ2) is 9.40. The van der Waals surface area contributed by atoms with Gasteiger partial charge in [0, 0.05) is 30.2 Å². The number of carbonyl (C=O) groups excluding carboxylic acids is 1. The van der Waals surface area contributed by atoms with Crippen LogP contribution in [-0.4, -0.2) is 43.5 Å². The SMILES string of the molecule is CCCS(=O)(=O)N1CCC(c2ccccc2)(C(C)NC(=O)c2c(C)cccc2N)CC1. The van der Waals surface area contributed by atoms with E-state index in [1.54, 1.807) is 10.4 Å². The van der Waals surface area contributed by atoms with E-state index in [0.717, 1.165) is 11.1 Å². The predicted octanol–water partition coefficient (Wildman–Crippen LogP) is 3.47. The molecule has 1 saturated heterocycles. The lowest BCUT2D eigenvalue weighted by Crippen LogP contribution is -2.55. The van der Waals surface area contributed by atoms with Gasteiger partial charge < -0.3 is 11.1 Å². The summed E-state index contributed by atoms with van der Waals surface area (Å²) >= 11 is 0. The lowest BCUT2D eigenvalue weighted by Gasteiger charge is -2.45. The van der Waals surface area contributed by atoms with E-state index in [-0.39, 0.29) is 23.1 Å². The Labute approximate surface area is 185 Å². The first-order valence-electron chi connectivity index (χ1n) is 10.9. The topological polar surface area (TPSA) is 92.5 Å². The molecular formula is C24H33N3O3S. The summed E-state index contributed by atoms with van der Waals surface area (Å²) in [7, 11) is -3.24. The third-order valence-corrected chi connectivity index (χ3v) is 8.60. The molecule has 1 amide bonds. The third kappa shape index (κ3) is 4.77. The Bertz CT molecular complexity index is 993. The molecule has 3 rings (SSSR count). The summed E-state index contributed by atoms with van der Waals surface area (Å²) in [5.74, 6) is -0.0241. The number of nitrogens with one attached hydrogen (secondary N) is 1. The Hall–Kier alpha value is -2.38. The number of nitrogens with zero attached hydrogens (tertiary/aromatic N) is 1. The van der Waals surface area contributed by atoms with Gasteiger partial charge in [-0.1, -0.05) is 49.4 Å². The van der Waals surface area contributed by atoms with Crippen molar-refractivity contribution in [1.82, 2.24) is 9.62 Å². The molecule has 0 saturated carbocycles. The highest BCUT2D eigenvalue weighted by atomic mass is 32.2. The number of piperidine rings is 1. The van der Waals surface area contributed by atoms with Gasteiger partial charge >= 0.3 is 0 Å². The van der Waals surface area contributed by atoms with Gasteiger partial charge in [-0.05, 0) is 50.3 Å². The molecule has 7 heteroatoms. The number of hydrogen-bond acceptors (Lipinski definition) is 4. The molecule has 1 heterocycles. The van der Waals surface area contributed by atoms with E-state index >= 15 is 0 Å². The fraction of sp³-hybridized carbons (Fsp3) is 0.458. The van der Waals surface area contributed by atoms with Crippen LogP contribution in [0.4, 0.5) is 5.69 Å². The summed E-state index contributed by atoms with van der Waals surface area (Å²) in [5.41, 5.74) is 8.64. The molecule has 2 aromatic carbocycles. The van der Waals surface area contributed by atoms with Crippen molar-refractivity contribution in [3.05, 3.63) is 65.2 Å².